The van der Waals surface area contributed by atoms with Crippen molar-refractivity contribution in [2.75, 3.05) is 17.2 Å². The molecule has 0 aliphatic carbocycles. The molecule has 0 atom stereocenters. The Balaban J connectivity index is 2.15. The summed E-state index contributed by atoms with van der Waals surface area (Å²) in [4.78, 5) is 24.2. The number of rotatable bonds is 7. The van der Waals surface area contributed by atoms with E-state index in [4.69, 9.17) is 9.88 Å². The number of benzene rings is 2. The van der Waals surface area contributed by atoms with E-state index in [1.165, 1.54) is 24.3 Å². The minimum absolute atomic E-state index is 0.108. The van der Waals surface area contributed by atoms with Crippen molar-refractivity contribution in [3.05, 3.63) is 65.9 Å². The van der Waals surface area contributed by atoms with Crippen molar-refractivity contribution in [3.8, 4) is 6.07 Å². The van der Waals surface area contributed by atoms with E-state index in [1.807, 2.05) is 0 Å². The third-order valence-electron chi connectivity index (χ3n) is 3.60. The highest BCUT2D eigenvalue weighted by Crippen LogP contribution is 2.17. The van der Waals surface area contributed by atoms with Crippen LogP contribution in [-0.4, -0.2) is 26.9 Å². The summed E-state index contributed by atoms with van der Waals surface area (Å²) in [7, 11) is -3.85. The lowest BCUT2D eigenvalue weighted by molar-refractivity contribution is -0.112. The number of esters is 1. The van der Waals surface area contributed by atoms with Gasteiger partial charge in [0.25, 0.3) is 5.91 Å². The Morgan fingerprint density at radius 2 is 1.83 bits per heavy atom. The molecule has 0 heterocycles. The standard InChI is InChI=1S/C19H18N4O5S/c1-2-28-19(25)16-5-3-4-6-17(16)22-12-13(11-20)18(24)23-14-7-9-15(10-8-14)29(21,26)27/h3-10,12,22H,2H2,1H3,(H,23,24)(H2,21,26,27)/b13-12-. The van der Waals surface area contributed by atoms with Gasteiger partial charge >= 0.3 is 5.97 Å². The highest BCUT2D eigenvalue weighted by molar-refractivity contribution is 7.89. The summed E-state index contributed by atoms with van der Waals surface area (Å²) in [5, 5.41) is 19.5. The molecule has 9 nitrogen and oxygen atoms in total. The molecule has 1 amide bonds. The summed E-state index contributed by atoms with van der Waals surface area (Å²) < 4.78 is 27.5. The molecule has 2 rings (SSSR count). The molecule has 0 radical (unpaired) electrons. The van der Waals surface area contributed by atoms with E-state index in [1.54, 1.807) is 37.3 Å². The van der Waals surface area contributed by atoms with Crippen LogP contribution < -0.4 is 15.8 Å². The van der Waals surface area contributed by atoms with Gasteiger partial charge in [-0.3, -0.25) is 4.79 Å². The molecule has 0 aliphatic heterocycles. The lowest BCUT2D eigenvalue weighted by Gasteiger charge is -2.09. The minimum atomic E-state index is -3.85. The fourth-order valence-electron chi connectivity index (χ4n) is 2.22. The third kappa shape index (κ3) is 5.90. The largest absolute Gasteiger partial charge is 0.462 e. The van der Waals surface area contributed by atoms with E-state index >= 15 is 0 Å². The number of sulfonamides is 1. The van der Waals surface area contributed by atoms with Crippen LogP contribution in [0.4, 0.5) is 11.4 Å². The summed E-state index contributed by atoms with van der Waals surface area (Å²) in [6.07, 6.45) is 1.16. The molecule has 10 heteroatoms. The zero-order valence-corrected chi connectivity index (χ0v) is 16.2. The van der Waals surface area contributed by atoms with Crippen LogP contribution in [0.3, 0.4) is 0 Å². The van der Waals surface area contributed by atoms with Gasteiger partial charge < -0.3 is 15.4 Å². The van der Waals surface area contributed by atoms with Crippen LogP contribution in [0.15, 0.2) is 65.2 Å². The monoisotopic (exact) mass is 414 g/mol. The van der Waals surface area contributed by atoms with Crippen LogP contribution in [-0.2, 0) is 19.6 Å². The molecule has 0 aromatic heterocycles. The van der Waals surface area contributed by atoms with Gasteiger partial charge in [-0.1, -0.05) is 12.1 Å². The molecule has 0 bridgehead atoms. The zero-order chi connectivity index (χ0) is 21.4. The first kappa shape index (κ1) is 21.6. The predicted octanol–water partition coefficient (Wildman–Crippen LogP) is 1.97. The molecule has 0 saturated carbocycles. The maximum absolute atomic E-state index is 12.3. The summed E-state index contributed by atoms with van der Waals surface area (Å²) >= 11 is 0. The molecular weight excluding hydrogens is 396 g/mol. The van der Waals surface area contributed by atoms with Crippen LogP contribution in [0.1, 0.15) is 17.3 Å². The fourth-order valence-corrected chi connectivity index (χ4v) is 2.74. The first-order valence-electron chi connectivity index (χ1n) is 8.33. The lowest BCUT2D eigenvalue weighted by atomic mass is 10.1. The topological polar surface area (TPSA) is 151 Å². The quantitative estimate of drug-likeness (QED) is 0.356. The SMILES string of the molecule is CCOC(=O)c1ccccc1N/C=C(/C#N)C(=O)Nc1ccc(S(N)(=O)=O)cc1. The average molecular weight is 414 g/mol. The number of ether oxygens (including phenoxy) is 1. The zero-order valence-electron chi connectivity index (χ0n) is 15.4. The normalized spacial score (nSPS) is 11.3. The number of amides is 1. The highest BCUT2D eigenvalue weighted by atomic mass is 32.2. The number of nitrogens with two attached hydrogens (primary N) is 1. The van der Waals surface area contributed by atoms with Crippen molar-refractivity contribution in [3.63, 3.8) is 0 Å². The molecule has 0 unspecified atom stereocenters. The number of carbonyl (C=O) groups is 2. The van der Waals surface area contributed by atoms with Gasteiger partial charge in [-0.15, -0.1) is 0 Å². The molecule has 2 aromatic carbocycles. The van der Waals surface area contributed by atoms with Crippen LogP contribution >= 0.6 is 0 Å². The first-order chi connectivity index (χ1) is 13.8. The third-order valence-corrected chi connectivity index (χ3v) is 4.53. The van der Waals surface area contributed by atoms with Gasteiger partial charge in [-0.25, -0.2) is 18.4 Å². The number of nitriles is 1. The molecule has 29 heavy (non-hydrogen) atoms. The Hall–Kier alpha value is -3.68. The second-order valence-electron chi connectivity index (χ2n) is 5.60. The maximum Gasteiger partial charge on any atom is 0.340 e. The molecule has 4 N–H and O–H groups in total. The molecule has 0 aliphatic rings. The average Bonchev–Trinajstić information content (AvgIpc) is 2.68. The molecule has 0 spiro atoms. The van der Waals surface area contributed by atoms with Gasteiger partial charge in [0.05, 0.1) is 22.8 Å². The fraction of sp³-hybridized carbons (Fsp3) is 0.105. The summed E-state index contributed by atoms with van der Waals surface area (Å²) in [5.74, 6) is -1.26. The minimum Gasteiger partial charge on any atom is -0.462 e. The number of carbonyl (C=O) groups excluding carboxylic acids is 2. The van der Waals surface area contributed by atoms with Crippen LogP contribution in [0.5, 0.6) is 0 Å². The molecule has 2 aromatic rings. The number of hydrogen-bond acceptors (Lipinski definition) is 7. The van der Waals surface area contributed by atoms with Crippen molar-refractivity contribution in [1.82, 2.24) is 0 Å². The van der Waals surface area contributed by atoms with Crippen LogP contribution in [0, 0.1) is 11.3 Å². The predicted molar refractivity (Wildman–Crippen MR) is 106 cm³/mol. The van der Waals surface area contributed by atoms with Crippen molar-refractivity contribution < 1.29 is 22.7 Å². The Labute approximate surface area is 167 Å². The summed E-state index contributed by atoms with van der Waals surface area (Å²) in [5.41, 5.74) is 0.626. The van der Waals surface area contributed by atoms with Crippen molar-refractivity contribution in [2.24, 2.45) is 5.14 Å². The van der Waals surface area contributed by atoms with E-state index in [0.29, 0.717) is 5.69 Å². The number of primary sulfonamides is 1. The molecule has 0 saturated heterocycles. The Bertz CT molecular complexity index is 1090. The molecular formula is C19H18N4O5S. The van der Waals surface area contributed by atoms with Crippen LogP contribution in [0.2, 0.25) is 0 Å². The van der Waals surface area contributed by atoms with Crippen molar-refractivity contribution >= 4 is 33.3 Å². The summed E-state index contributed by atoms with van der Waals surface area (Å²) in [6.45, 7) is 1.89. The van der Waals surface area contributed by atoms with E-state index < -0.39 is 21.9 Å². The van der Waals surface area contributed by atoms with Crippen molar-refractivity contribution in [2.45, 2.75) is 11.8 Å². The lowest BCUT2D eigenvalue weighted by Crippen LogP contribution is -2.16. The number of hydrogen-bond donors (Lipinski definition) is 3. The van der Waals surface area contributed by atoms with Gasteiger partial charge in [0.2, 0.25) is 10.0 Å². The number of nitrogens with one attached hydrogen (secondary N) is 2. The van der Waals surface area contributed by atoms with Gasteiger partial charge in [-0.05, 0) is 43.3 Å². The maximum atomic E-state index is 12.3. The van der Waals surface area contributed by atoms with Crippen LogP contribution in [0.25, 0.3) is 0 Å². The molecule has 150 valence electrons. The van der Waals surface area contributed by atoms with E-state index in [0.717, 1.165) is 6.20 Å². The van der Waals surface area contributed by atoms with Gasteiger partial charge in [0, 0.05) is 11.9 Å². The second-order valence-corrected chi connectivity index (χ2v) is 7.17. The number of para-hydroxylation sites is 1. The molecule has 0 fully saturated rings. The second kappa shape index (κ2) is 9.50. The van der Waals surface area contributed by atoms with E-state index in [2.05, 4.69) is 10.6 Å². The number of anilines is 2. The Morgan fingerprint density at radius 1 is 1.17 bits per heavy atom. The number of nitrogens with zero attached hydrogens (tertiary/aromatic N) is 1. The van der Waals surface area contributed by atoms with Crippen molar-refractivity contribution in [1.29, 1.82) is 5.26 Å². The van der Waals surface area contributed by atoms with E-state index in [9.17, 15) is 23.3 Å². The smallest absolute Gasteiger partial charge is 0.340 e. The highest BCUT2D eigenvalue weighted by Gasteiger charge is 2.14. The van der Waals surface area contributed by atoms with Gasteiger partial charge in [0.1, 0.15) is 11.6 Å². The van der Waals surface area contributed by atoms with Gasteiger partial charge in [0.15, 0.2) is 0 Å². The van der Waals surface area contributed by atoms with E-state index in [-0.39, 0.29) is 28.3 Å². The Morgan fingerprint density at radius 3 is 2.41 bits per heavy atom. The Kier molecular flexibility index (Phi) is 7.08. The van der Waals surface area contributed by atoms with Gasteiger partial charge in [-0.2, -0.15) is 5.26 Å². The first-order valence-corrected chi connectivity index (χ1v) is 9.88. The summed E-state index contributed by atoms with van der Waals surface area (Å²) in [6, 6.07) is 13.4.